The van der Waals surface area contributed by atoms with E-state index in [1.165, 1.54) is 5.56 Å². The van der Waals surface area contributed by atoms with Crippen molar-refractivity contribution in [3.05, 3.63) is 35.9 Å². The van der Waals surface area contributed by atoms with Gasteiger partial charge in [-0.2, -0.15) is 0 Å². The summed E-state index contributed by atoms with van der Waals surface area (Å²) in [5.41, 5.74) is 1.19. The number of carbonyl (C=O) groups excluding carboxylic acids is 1. The molecule has 1 heterocycles. The van der Waals surface area contributed by atoms with E-state index in [-0.39, 0.29) is 28.7 Å². The van der Waals surface area contributed by atoms with Gasteiger partial charge >= 0.3 is 0 Å². The lowest BCUT2D eigenvalue weighted by molar-refractivity contribution is -0.132. The second-order valence-electron chi connectivity index (χ2n) is 7.18. The first-order chi connectivity index (χ1) is 12.3. The maximum Gasteiger partial charge on any atom is 0.235 e. The number of nitrogens with zero attached hydrogens (tertiary/aromatic N) is 2. The average Bonchev–Trinajstić information content (AvgIpc) is 2.96. The molecular weight excluding hydrogens is 368 g/mol. The van der Waals surface area contributed by atoms with E-state index in [4.69, 9.17) is 0 Å². The smallest absolute Gasteiger partial charge is 0.235 e. The van der Waals surface area contributed by atoms with Crippen LogP contribution in [0.4, 0.5) is 0 Å². The van der Waals surface area contributed by atoms with Gasteiger partial charge in [-0.3, -0.25) is 4.79 Å². The van der Waals surface area contributed by atoms with Gasteiger partial charge in [0.1, 0.15) is 0 Å². The first-order valence-corrected chi connectivity index (χ1v) is 12.0. The van der Waals surface area contributed by atoms with Crippen molar-refractivity contribution in [2.75, 3.05) is 38.7 Å². The summed E-state index contributed by atoms with van der Waals surface area (Å²) in [6, 6.07) is 9.92. The van der Waals surface area contributed by atoms with Gasteiger partial charge in [0.2, 0.25) is 5.91 Å². The van der Waals surface area contributed by atoms with Gasteiger partial charge in [-0.05, 0) is 46.0 Å². The molecule has 2 rings (SSSR count). The number of hydrogen-bond donors (Lipinski definition) is 0. The van der Waals surface area contributed by atoms with Crippen molar-refractivity contribution in [1.29, 1.82) is 0 Å². The molecule has 5 nitrogen and oxygen atoms in total. The van der Waals surface area contributed by atoms with Crippen LogP contribution in [-0.4, -0.2) is 74.1 Å². The lowest BCUT2D eigenvalue weighted by atomic mass is 10.2. The molecule has 0 N–H and O–H groups in total. The Morgan fingerprint density at radius 3 is 2.50 bits per heavy atom. The molecule has 0 spiro atoms. The van der Waals surface area contributed by atoms with Crippen LogP contribution in [0.25, 0.3) is 0 Å². The second-order valence-corrected chi connectivity index (χ2v) is 10.7. The highest BCUT2D eigenvalue weighted by Gasteiger charge is 2.35. The van der Waals surface area contributed by atoms with Crippen LogP contribution in [0.1, 0.15) is 25.3 Å². The Balaban J connectivity index is 1.98. The van der Waals surface area contributed by atoms with Crippen molar-refractivity contribution in [3.8, 4) is 0 Å². The molecule has 1 aromatic rings. The largest absolute Gasteiger partial charge is 0.338 e. The monoisotopic (exact) mass is 398 g/mol. The summed E-state index contributed by atoms with van der Waals surface area (Å²) in [5.74, 6) is 1.14. The fourth-order valence-corrected chi connectivity index (χ4v) is 5.80. The maximum absolute atomic E-state index is 13.0. The van der Waals surface area contributed by atoms with E-state index < -0.39 is 9.84 Å². The number of rotatable bonds is 9. The predicted molar refractivity (Wildman–Crippen MR) is 109 cm³/mol. The molecule has 26 heavy (non-hydrogen) atoms. The SMILES string of the molecule is C[C@@H](SCc1ccccc1)C(=O)N(CCCN(C)C)[C@@H]1CCS(=O)(=O)C1. The predicted octanol–water partition coefficient (Wildman–Crippen LogP) is 2.28. The van der Waals surface area contributed by atoms with E-state index in [9.17, 15) is 13.2 Å². The average molecular weight is 399 g/mol. The molecule has 1 aliphatic heterocycles. The summed E-state index contributed by atoms with van der Waals surface area (Å²) in [6.07, 6.45) is 1.41. The van der Waals surface area contributed by atoms with E-state index in [1.54, 1.807) is 11.8 Å². The molecule has 1 aliphatic rings. The summed E-state index contributed by atoms with van der Waals surface area (Å²) in [5, 5.41) is -0.183. The van der Waals surface area contributed by atoms with Crippen LogP contribution in [0.3, 0.4) is 0 Å². The molecule has 0 saturated carbocycles. The molecule has 0 aromatic heterocycles. The van der Waals surface area contributed by atoms with E-state index in [0.29, 0.717) is 13.0 Å². The first-order valence-electron chi connectivity index (χ1n) is 9.09. The Labute approximate surface area is 162 Å². The topological polar surface area (TPSA) is 57.7 Å². The zero-order chi connectivity index (χ0) is 19.2. The molecule has 1 aromatic carbocycles. The summed E-state index contributed by atoms with van der Waals surface area (Å²) < 4.78 is 23.8. The van der Waals surface area contributed by atoms with E-state index in [2.05, 4.69) is 17.0 Å². The Morgan fingerprint density at radius 1 is 1.23 bits per heavy atom. The molecule has 7 heteroatoms. The fourth-order valence-electron chi connectivity index (χ4n) is 3.15. The Hall–Kier alpha value is -1.05. The Morgan fingerprint density at radius 2 is 1.92 bits per heavy atom. The van der Waals surface area contributed by atoms with Crippen molar-refractivity contribution < 1.29 is 13.2 Å². The first kappa shape index (κ1) is 21.3. The normalized spacial score (nSPS) is 20.2. The molecule has 1 amide bonds. The van der Waals surface area contributed by atoms with Crippen LogP contribution in [0.2, 0.25) is 0 Å². The summed E-state index contributed by atoms with van der Waals surface area (Å²) in [4.78, 5) is 16.9. The molecule has 0 aliphatic carbocycles. The molecule has 1 fully saturated rings. The van der Waals surface area contributed by atoms with Gasteiger partial charge in [0, 0.05) is 18.3 Å². The lowest BCUT2D eigenvalue weighted by Gasteiger charge is -2.31. The van der Waals surface area contributed by atoms with Crippen LogP contribution in [0.5, 0.6) is 0 Å². The minimum Gasteiger partial charge on any atom is -0.338 e. The highest BCUT2D eigenvalue weighted by molar-refractivity contribution is 7.99. The zero-order valence-electron chi connectivity index (χ0n) is 15.9. The van der Waals surface area contributed by atoms with E-state index >= 15 is 0 Å². The van der Waals surface area contributed by atoms with Gasteiger partial charge in [-0.15, -0.1) is 11.8 Å². The quantitative estimate of drug-likeness (QED) is 0.639. The molecule has 0 unspecified atom stereocenters. The minimum absolute atomic E-state index is 0.0618. The molecule has 2 atom stereocenters. The van der Waals surface area contributed by atoms with Gasteiger partial charge in [0.05, 0.1) is 16.8 Å². The zero-order valence-corrected chi connectivity index (χ0v) is 17.6. The summed E-state index contributed by atoms with van der Waals surface area (Å²) in [7, 11) is 1.00. The lowest BCUT2D eigenvalue weighted by Crippen LogP contribution is -2.45. The number of amides is 1. The molecule has 0 bridgehead atoms. The molecule has 1 saturated heterocycles. The van der Waals surface area contributed by atoms with Crippen LogP contribution >= 0.6 is 11.8 Å². The van der Waals surface area contributed by atoms with Gasteiger partial charge in [-0.25, -0.2) is 8.42 Å². The third-order valence-corrected chi connectivity index (χ3v) is 7.58. The standard InChI is InChI=1S/C19H30N2O3S2/c1-16(25-14-17-8-5-4-6-9-17)19(22)21(12-7-11-20(2)3)18-10-13-26(23,24)15-18/h4-6,8-9,16,18H,7,10-15H2,1-3H3/t16-,18-/m1/s1. The number of hydrogen-bond acceptors (Lipinski definition) is 5. The van der Waals surface area contributed by atoms with Crippen LogP contribution in [0, 0.1) is 0 Å². The van der Waals surface area contributed by atoms with Gasteiger partial charge in [0.15, 0.2) is 9.84 Å². The second kappa shape index (κ2) is 9.76. The van der Waals surface area contributed by atoms with Gasteiger partial charge in [-0.1, -0.05) is 30.3 Å². The van der Waals surface area contributed by atoms with Crippen molar-refractivity contribution in [1.82, 2.24) is 9.80 Å². The third kappa shape index (κ3) is 6.59. The van der Waals surface area contributed by atoms with Crippen LogP contribution in [0.15, 0.2) is 30.3 Å². The Bertz CT molecular complexity index is 677. The number of carbonyl (C=O) groups is 1. The van der Waals surface area contributed by atoms with Crippen molar-refractivity contribution >= 4 is 27.5 Å². The summed E-state index contributed by atoms with van der Waals surface area (Å²) >= 11 is 1.61. The number of benzene rings is 1. The van der Waals surface area contributed by atoms with Crippen molar-refractivity contribution in [2.24, 2.45) is 0 Å². The fraction of sp³-hybridized carbons (Fsp3) is 0.632. The van der Waals surface area contributed by atoms with Gasteiger partial charge in [0.25, 0.3) is 0 Å². The van der Waals surface area contributed by atoms with E-state index in [0.717, 1.165) is 18.7 Å². The van der Waals surface area contributed by atoms with Gasteiger partial charge < -0.3 is 9.80 Å². The van der Waals surface area contributed by atoms with E-state index in [1.807, 2.05) is 44.1 Å². The highest BCUT2D eigenvalue weighted by atomic mass is 32.2. The molecule has 0 radical (unpaired) electrons. The van der Waals surface area contributed by atoms with Crippen LogP contribution < -0.4 is 0 Å². The number of sulfone groups is 1. The molecular formula is C19H30N2O3S2. The maximum atomic E-state index is 13.0. The third-order valence-electron chi connectivity index (χ3n) is 4.63. The van der Waals surface area contributed by atoms with Crippen molar-refractivity contribution in [2.45, 2.75) is 36.8 Å². The minimum atomic E-state index is -3.01. The van der Waals surface area contributed by atoms with Crippen molar-refractivity contribution in [3.63, 3.8) is 0 Å². The van der Waals surface area contributed by atoms with Crippen LogP contribution in [-0.2, 0) is 20.4 Å². The highest BCUT2D eigenvalue weighted by Crippen LogP contribution is 2.24. The molecule has 146 valence electrons. The summed E-state index contributed by atoms with van der Waals surface area (Å²) in [6.45, 7) is 3.43. The number of thioether (sulfide) groups is 1. The Kier molecular flexibility index (Phi) is 7.98.